The molecule has 0 atom stereocenters. The molecule has 192 valence electrons. The van der Waals surface area contributed by atoms with Gasteiger partial charge in [-0.3, -0.25) is 18.7 Å². The summed E-state index contributed by atoms with van der Waals surface area (Å²) in [6, 6.07) is 15.8. The number of nitrogens with zero attached hydrogens (tertiary/aromatic N) is 3. The predicted octanol–water partition coefficient (Wildman–Crippen LogP) is 1.99. The van der Waals surface area contributed by atoms with E-state index in [-0.39, 0.29) is 24.5 Å². The van der Waals surface area contributed by atoms with E-state index in [2.05, 4.69) is 10.3 Å². The van der Waals surface area contributed by atoms with Crippen molar-refractivity contribution < 1.29 is 19.0 Å². The van der Waals surface area contributed by atoms with Crippen molar-refractivity contribution in [3.63, 3.8) is 0 Å². The van der Waals surface area contributed by atoms with Crippen molar-refractivity contribution in [1.29, 1.82) is 0 Å². The molecule has 1 amide bonds. The van der Waals surface area contributed by atoms with Gasteiger partial charge in [0, 0.05) is 12.7 Å². The van der Waals surface area contributed by atoms with Crippen molar-refractivity contribution in [3.05, 3.63) is 92.8 Å². The van der Waals surface area contributed by atoms with Crippen LogP contribution >= 0.6 is 0 Å². The Hall–Kier alpha value is -4.60. The Morgan fingerprint density at radius 1 is 0.892 bits per heavy atom. The number of hydrogen-bond donors (Lipinski definition) is 1. The van der Waals surface area contributed by atoms with Gasteiger partial charge in [-0.1, -0.05) is 18.2 Å². The zero-order valence-electron chi connectivity index (χ0n) is 20.9. The number of aromatic nitrogens is 3. The maximum Gasteiger partial charge on any atom is 0.332 e. The third kappa shape index (κ3) is 5.64. The van der Waals surface area contributed by atoms with Gasteiger partial charge in [0.1, 0.15) is 12.3 Å². The molecule has 0 unspecified atom stereocenters. The highest BCUT2D eigenvalue weighted by atomic mass is 16.5. The molecule has 10 heteroatoms. The average molecular weight is 505 g/mol. The summed E-state index contributed by atoms with van der Waals surface area (Å²) in [6.07, 6.45) is 2.04. The molecule has 10 nitrogen and oxygen atoms in total. The van der Waals surface area contributed by atoms with Gasteiger partial charge in [0.15, 0.2) is 17.0 Å². The van der Waals surface area contributed by atoms with Crippen LogP contribution in [0, 0.1) is 0 Å². The molecule has 0 spiro atoms. The quantitative estimate of drug-likeness (QED) is 0.351. The Kier molecular flexibility index (Phi) is 7.87. The number of benzene rings is 2. The van der Waals surface area contributed by atoms with Crippen molar-refractivity contribution in [3.8, 4) is 17.2 Å². The number of methoxy groups -OCH3 is 3. The number of carbonyl (C=O) groups is 1. The first-order valence-electron chi connectivity index (χ1n) is 11.6. The average Bonchev–Trinajstić information content (AvgIpc) is 2.93. The fourth-order valence-electron chi connectivity index (χ4n) is 4.03. The van der Waals surface area contributed by atoms with Crippen molar-refractivity contribution in [2.24, 2.45) is 0 Å². The largest absolute Gasteiger partial charge is 0.497 e. The lowest BCUT2D eigenvalue weighted by molar-refractivity contribution is -0.121. The van der Waals surface area contributed by atoms with E-state index in [9.17, 15) is 14.4 Å². The van der Waals surface area contributed by atoms with Crippen LogP contribution in [0.25, 0.3) is 11.0 Å². The van der Waals surface area contributed by atoms with Crippen molar-refractivity contribution in [1.82, 2.24) is 19.4 Å². The second-order valence-electron chi connectivity index (χ2n) is 8.27. The van der Waals surface area contributed by atoms with Gasteiger partial charge in [0.05, 0.1) is 33.4 Å². The molecule has 2 heterocycles. The zero-order valence-corrected chi connectivity index (χ0v) is 20.9. The monoisotopic (exact) mass is 504 g/mol. The zero-order chi connectivity index (χ0) is 26.4. The van der Waals surface area contributed by atoms with Crippen LogP contribution in [0.5, 0.6) is 17.2 Å². The van der Waals surface area contributed by atoms with Gasteiger partial charge in [-0.15, -0.1) is 0 Å². The Morgan fingerprint density at radius 3 is 2.32 bits per heavy atom. The van der Waals surface area contributed by atoms with Gasteiger partial charge >= 0.3 is 5.69 Å². The van der Waals surface area contributed by atoms with Gasteiger partial charge in [0.2, 0.25) is 5.91 Å². The summed E-state index contributed by atoms with van der Waals surface area (Å²) < 4.78 is 18.1. The van der Waals surface area contributed by atoms with Gasteiger partial charge < -0.3 is 19.5 Å². The molecule has 2 aromatic carbocycles. The maximum atomic E-state index is 13.4. The minimum atomic E-state index is -0.587. The van der Waals surface area contributed by atoms with Gasteiger partial charge in [-0.25, -0.2) is 9.78 Å². The minimum absolute atomic E-state index is 0.0368. The Morgan fingerprint density at radius 2 is 1.62 bits per heavy atom. The molecule has 0 saturated heterocycles. The van der Waals surface area contributed by atoms with Crippen LogP contribution in [-0.4, -0.2) is 47.9 Å². The molecule has 37 heavy (non-hydrogen) atoms. The van der Waals surface area contributed by atoms with Crippen molar-refractivity contribution in [2.45, 2.75) is 19.5 Å². The second kappa shape index (κ2) is 11.4. The number of carbonyl (C=O) groups excluding carboxylic acids is 1. The highest BCUT2D eigenvalue weighted by Crippen LogP contribution is 2.27. The van der Waals surface area contributed by atoms with E-state index in [0.29, 0.717) is 35.7 Å². The lowest BCUT2D eigenvalue weighted by Gasteiger charge is -2.14. The van der Waals surface area contributed by atoms with Crippen LogP contribution in [0.4, 0.5) is 0 Å². The fraction of sp³-hybridized carbons (Fsp3) is 0.259. The van der Waals surface area contributed by atoms with Gasteiger partial charge in [0.25, 0.3) is 5.56 Å². The Bertz CT molecular complexity index is 1530. The first-order chi connectivity index (χ1) is 17.9. The molecule has 0 aliphatic rings. The minimum Gasteiger partial charge on any atom is -0.497 e. The summed E-state index contributed by atoms with van der Waals surface area (Å²) in [7, 11) is 4.69. The van der Waals surface area contributed by atoms with Gasteiger partial charge in [-0.05, 0) is 53.9 Å². The molecular weight excluding hydrogens is 476 g/mol. The Balaban J connectivity index is 1.54. The molecule has 2 aromatic heterocycles. The topological polar surface area (TPSA) is 114 Å². The highest BCUT2D eigenvalue weighted by molar-refractivity contribution is 5.79. The van der Waals surface area contributed by atoms with Crippen LogP contribution < -0.4 is 30.8 Å². The third-order valence-electron chi connectivity index (χ3n) is 5.97. The van der Waals surface area contributed by atoms with Crippen LogP contribution in [0.2, 0.25) is 0 Å². The molecule has 0 fully saturated rings. The first-order valence-corrected chi connectivity index (χ1v) is 11.6. The SMILES string of the molecule is COc1ccc(Cn2c(=O)c3ncccc3n(CC(=O)NCCc3ccc(OC)c(OC)c3)c2=O)cc1. The van der Waals surface area contributed by atoms with Crippen LogP contribution in [0.15, 0.2) is 70.4 Å². The number of nitrogens with one attached hydrogen (secondary N) is 1. The van der Waals surface area contributed by atoms with E-state index in [1.54, 1.807) is 63.8 Å². The third-order valence-corrected chi connectivity index (χ3v) is 5.97. The highest BCUT2D eigenvalue weighted by Gasteiger charge is 2.16. The normalized spacial score (nSPS) is 10.8. The summed E-state index contributed by atoms with van der Waals surface area (Å²) in [5.74, 6) is 1.54. The maximum absolute atomic E-state index is 13.4. The van der Waals surface area contributed by atoms with Crippen molar-refractivity contribution in [2.75, 3.05) is 27.9 Å². The molecule has 0 saturated carbocycles. The van der Waals surface area contributed by atoms with E-state index in [1.807, 2.05) is 12.1 Å². The Labute approximate surface area is 213 Å². The fourth-order valence-corrected chi connectivity index (χ4v) is 4.03. The molecule has 0 radical (unpaired) electrons. The molecule has 0 aliphatic carbocycles. The molecular formula is C27H28N4O6. The number of fused-ring (bicyclic) bond motifs is 1. The molecule has 1 N–H and O–H groups in total. The van der Waals surface area contributed by atoms with Crippen molar-refractivity contribution >= 4 is 16.9 Å². The number of amides is 1. The molecule has 0 bridgehead atoms. The summed E-state index contributed by atoms with van der Waals surface area (Å²) in [5, 5.41) is 2.84. The molecule has 4 rings (SSSR count). The number of hydrogen-bond acceptors (Lipinski definition) is 7. The second-order valence-corrected chi connectivity index (χ2v) is 8.27. The number of pyridine rings is 1. The smallest absolute Gasteiger partial charge is 0.332 e. The summed E-state index contributed by atoms with van der Waals surface area (Å²) in [4.78, 5) is 43.4. The number of rotatable bonds is 10. The van der Waals surface area contributed by atoms with E-state index in [4.69, 9.17) is 14.2 Å². The van der Waals surface area contributed by atoms with Crippen LogP contribution in [-0.2, 0) is 24.3 Å². The summed E-state index contributed by atoms with van der Waals surface area (Å²) in [5.41, 5.74) is 1.02. The molecule has 0 aliphatic heterocycles. The number of ether oxygens (including phenoxy) is 3. The summed E-state index contributed by atoms with van der Waals surface area (Å²) >= 11 is 0. The van der Waals surface area contributed by atoms with E-state index in [1.165, 1.54) is 10.8 Å². The molecule has 4 aromatic rings. The van der Waals surface area contributed by atoms with E-state index < -0.39 is 11.2 Å². The van der Waals surface area contributed by atoms with Crippen LogP contribution in [0.3, 0.4) is 0 Å². The van der Waals surface area contributed by atoms with E-state index in [0.717, 1.165) is 15.7 Å². The lowest BCUT2D eigenvalue weighted by atomic mass is 10.1. The van der Waals surface area contributed by atoms with Crippen LogP contribution in [0.1, 0.15) is 11.1 Å². The standard InChI is InChI=1S/C27H28N4O6/c1-35-20-9-6-19(7-10-20)16-31-26(33)25-21(5-4-13-29-25)30(27(31)34)17-24(32)28-14-12-18-8-11-22(36-2)23(15-18)37-3/h4-11,13,15H,12,14,16-17H2,1-3H3,(H,28,32). The first kappa shape index (κ1) is 25.5. The van der Waals surface area contributed by atoms with E-state index >= 15 is 0 Å². The predicted molar refractivity (Wildman–Crippen MR) is 139 cm³/mol. The lowest BCUT2D eigenvalue weighted by Crippen LogP contribution is -2.43. The summed E-state index contributed by atoms with van der Waals surface area (Å²) in [6.45, 7) is 0.135. The van der Waals surface area contributed by atoms with Gasteiger partial charge in [-0.2, -0.15) is 0 Å².